The Morgan fingerprint density at radius 1 is 1.55 bits per heavy atom. The highest BCUT2D eigenvalue weighted by Gasteiger charge is 2.01. The fraction of sp³-hybridized carbons (Fsp3) is 0. The van der Waals surface area contributed by atoms with Gasteiger partial charge in [0.25, 0.3) is 0 Å². The van der Waals surface area contributed by atoms with E-state index in [0.29, 0.717) is 4.47 Å². The topological polar surface area (TPSA) is 48.8 Å². The average Bonchev–Trinajstić information content (AvgIpc) is 1.97. The van der Waals surface area contributed by atoms with Gasteiger partial charge >= 0.3 is 0 Å². The van der Waals surface area contributed by atoms with Gasteiger partial charge in [-0.2, -0.15) is 0 Å². The summed E-state index contributed by atoms with van der Waals surface area (Å²) in [6.45, 7) is 0. The van der Waals surface area contributed by atoms with Gasteiger partial charge in [0.05, 0.1) is 5.69 Å². The van der Waals surface area contributed by atoms with Crippen molar-refractivity contribution < 1.29 is 4.39 Å². The molecule has 0 aliphatic carbocycles. The first-order valence-corrected chi connectivity index (χ1v) is 3.54. The number of halogens is 2. The van der Waals surface area contributed by atoms with Crippen LogP contribution in [0.15, 0.2) is 27.8 Å². The van der Waals surface area contributed by atoms with Crippen LogP contribution in [0, 0.1) is 5.82 Å². The molecule has 0 atom stereocenters. The number of hydrogen-bond acceptors (Lipinski definition) is 1. The first-order chi connectivity index (χ1) is 5.25. The van der Waals surface area contributed by atoms with E-state index in [1.165, 1.54) is 12.1 Å². The third kappa shape index (κ3) is 1.69. The summed E-state index contributed by atoms with van der Waals surface area (Å²) < 4.78 is 13.2. The number of nitrogens with zero attached hydrogens (tertiary/aromatic N) is 3. The van der Waals surface area contributed by atoms with Gasteiger partial charge in [0.1, 0.15) is 5.82 Å². The Balaban J connectivity index is 3.31. The lowest BCUT2D eigenvalue weighted by atomic mass is 10.3. The van der Waals surface area contributed by atoms with Crippen LogP contribution < -0.4 is 0 Å². The Bertz CT molecular complexity index is 299. The number of azide groups is 1. The summed E-state index contributed by atoms with van der Waals surface area (Å²) in [6.07, 6.45) is 0. The molecule has 0 spiro atoms. The molecule has 3 nitrogen and oxygen atoms in total. The van der Waals surface area contributed by atoms with Crippen molar-refractivity contribution in [3.05, 3.63) is 38.9 Å². The summed E-state index contributed by atoms with van der Waals surface area (Å²) in [5.41, 5.74) is 8.03. The van der Waals surface area contributed by atoms with Crippen molar-refractivity contribution in [1.29, 1.82) is 0 Å². The Hall–Kier alpha value is -1.06. The lowest BCUT2D eigenvalue weighted by Gasteiger charge is -1.95. The molecule has 0 aromatic heterocycles. The zero-order valence-electron chi connectivity index (χ0n) is 5.33. The lowest BCUT2D eigenvalue weighted by molar-refractivity contribution is 0.629. The summed E-state index contributed by atoms with van der Waals surface area (Å²) >= 11 is 3.04. The maximum absolute atomic E-state index is 12.7. The molecule has 5 heteroatoms. The van der Waals surface area contributed by atoms with Crippen molar-refractivity contribution in [2.45, 2.75) is 0 Å². The van der Waals surface area contributed by atoms with Crippen molar-refractivity contribution in [3.63, 3.8) is 0 Å². The summed E-state index contributed by atoms with van der Waals surface area (Å²) in [5, 5.41) is 3.16. The molecule has 0 unspecified atom stereocenters. The summed E-state index contributed by atoms with van der Waals surface area (Å²) in [5.74, 6) is -0.530. The Labute approximate surface area is 70.6 Å². The molecular formula is C6H3BrFN3. The first-order valence-electron chi connectivity index (χ1n) is 2.75. The van der Waals surface area contributed by atoms with Gasteiger partial charge in [-0.1, -0.05) is 27.1 Å². The minimum atomic E-state index is -0.530. The molecule has 56 valence electrons. The van der Waals surface area contributed by atoms with Gasteiger partial charge in [0.15, 0.2) is 0 Å². The Kier molecular flexibility index (Phi) is 2.46. The summed E-state index contributed by atoms with van der Waals surface area (Å²) in [7, 11) is 0. The molecule has 0 heterocycles. The van der Waals surface area contributed by atoms with Gasteiger partial charge < -0.3 is 0 Å². The smallest absolute Gasteiger partial charge is 0.133 e. The average molecular weight is 216 g/mol. The zero-order chi connectivity index (χ0) is 8.27. The van der Waals surface area contributed by atoms with E-state index in [-0.39, 0.29) is 5.69 Å². The predicted octanol–water partition coefficient (Wildman–Crippen LogP) is 3.53. The van der Waals surface area contributed by atoms with E-state index in [1.807, 2.05) is 0 Å². The molecule has 0 N–H and O–H groups in total. The molecule has 1 aromatic rings. The second-order valence-corrected chi connectivity index (χ2v) is 2.61. The second-order valence-electron chi connectivity index (χ2n) is 1.76. The highest BCUT2D eigenvalue weighted by Crippen LogP contribution is 2.27. The van der Waals surface area contributed by atoms with Gasteiger partial charge in [-0.3, -0.25) is 0 Å². The van der Waals surface area contributed by atoms with Gasteiger partial charge in [0, 0.05) is 9.38 Å². The largest absolute Gasteiger partial charge is 0.206 e. The second kappa shape index (κ2) is 3.37. The van der Waals surface area contributed by atoms with Crippen molar-refractivity contribution in [2.24, 2.45) is 5.11 Å². The number of benzene rings is 1. The Morgan fingerprint density at radius 2 is 2.27 bits per heavy atom. The standard InChI is InChI=1S/C6H3BrFN3/c7-4-2-1-3-5(8)6(4)10-11-9/h1-3H. The van der Waals surface area contributed by atoms with Crippen LogP contribution in [0.5, 0.6) is 0 Å². The quantitative estimate of drug-likeness (QED) is 0.391. The zero-order valence-corrected chi connectivity index (χ0v) is 6.92. The monoisotopic (exact) mass is 215 g/mol. The van der Waals surface area contributed by atoms with E-state index in [4.69, 9.17) is 5.53 Å². The van der Waals surface area contributed by atoms with Crippen molar-refractivity contribution >= 4 is 21.6 Å². The van der Waals surface area contributed by atoms with Gasteiger partial charge in [-0.25, -0.2) is 4.39 Å². The number of rotatable bonds is 1. The third-order valence-corrected chi connectivity index (χ3v) is 1.72. The maximum atomic E-state index is 12.7. The van der Waals surface area contributed by atoms with Gasteiger partial charge in [0.2, 0.25) is 0 Å². The minimum Gasteiger partial charge on any atom is -0.206 e. The van der Waals surface area contributed by atoms with Crippen LogP contribution in [-0.2, 0) is 0 Å². The third-order valence-electron chi connectivity index (χ3n) is 1.08. The summed E-state index contributed by atoms with van der Waals surface area (Å²) in [6, 6.07) is 4.36. The van der Waals surface area contributed by atoms with E-state index in [1.54, 1.807) is 6.07 Å². The highest BCUT2D eigenvalue weighted by atomic mass is 79.9. The van der Waals surface area contributed by atoms with Crippen LogP contribution in [0.1, 0.15) is 0 Å². The minimum absolute atomic E-state index is 0.00463. The van der Waals surface area contributed by atoms with Crippen LogP contribution >= 0.6 is 15.9 Å². The van der Waals surface area contributed by atoms with Crippen LogP contribution in [0.4, 0.5) is 10.1 Å². The Morgan fingerprint density at radius 3 is 2.82 bits per heavy atom. The van der Waals surface area contributed by atoms with Gasteiger partial charge in [-0.05, 0) is 17.7 Å². The van der Waals surface area contributed by atoms with Crippen LogP contribution in [0.3, 0.4) is 0 Å². The predicted molar refractivity (Wildman–Crippen MR) is 42.9 cm³/mol. The van der Waals surface area contributed by atoms with E-state index in [2.05, 4.69) is 26.0 Å². The first kappa shape index (κ1) is 8.04. The molecule has 0 saturated heterocycles. The van der Waals surface area contributed by atoms with Crippen molar-refractivity contribution in [3.8, 4) is 0 Å². The molecule has 1 aromatic carbocycles. The van der Waals surface area contributed by atoms with Crippen LogP contribution in [-0.4, -0.2) is 0 Å². The van der Waals surface area contributed by atoms with Gasteiger partial charge in [-0.15, -0.1) is 0 Å². The normalized spacial score (nSPS) is 8.91. The van der Waals surface area contributed by atoms with E-state index in [9.17, 15) is 4.39 Å². The van der Waals surface area contributed by atoms with E-state index < -0.39 is 5.82 Å². The highest BCUT2D eigenvalue weighted by molar-refractivity contribution is 9.10. The lowest BCUT2D eigenvalue weighted by Crippen LogP contribution is -1.74. The number of hydrogen-bond donors (Lipinski definition) is 0. The molecule has 11 heavy (non-hydrogen) atoms. The van der Waals surface area contributed by atoms with E-state index in [0.717, 1.165) is 0 Å². The molecule has 0 amide bonds. The summed E-state index contributed by atoms with van der Waals surface area (Å²) in [4.78, 5) is 2.48. The van der Waals surface area contributed by atoms with E-state index >= 15 is 0 Å². The molecule has 0 aliphatic rings. The molecule has 0 fully saturated rings. The van der Waals surface area contributed by atoms with Crippen LogP contribution in [0.2, 0.25) is 0 Å². The SMILES string of the molecule is [N-]=[N+]=Nc1c(F)cccc1Br. The molecule has 0 radical (unpaired) electrons. The fourth-order valence-electron chi connectivity index (χ4n) is 0.629. The molecule has 0 saturated carbocycles. The van der Waals surface area contributed by atoms with Crippen molar-refractivity contribution in [1.82, 2.24) is 0 Å². The maximum Gasteiger partial charge on any atom is 0.133 e. The molecular weight excluding hydrogens is 213 g/mol. The molecule has 0 bridgehead atoms. The molecule has 0 aliphatic heterocycles. The van der Waals surface area contributed by atoms with Crippen molar-refractivity contribution in [2.75, 3.05) is 0 Å². The molecule has 1 rings (SSSR count). The van der Waals surface area contributed by atoms with Crippen LogP contribution in [0.25, 0.3) is 10.4 Å². The fourth-order valence-corrected chi connectivity index (χ4v) is 1.05.